The molecule has 3 N–H and O–H groups in total. The summed E-state index contributed by atoms with van der Waals surface area (Å²) < 4.78 is 0. The predicted molar refractivity (Wildman–Crippen MR) is 76.3 cm³/mol. The Hall–Kier alpha value is -1.26. The van der Waals surface area contributed by atoms with Crippen molar-refractivity contribution in [3.63, 3.8) is 0 Å². The normalized spacial score (nSPS) is 18.9. The number of anilines is 2. The van der Waals surface area contributed by atoms with Gasteiger partial charge in [-0.25, -0.2) is 0 Å². The Bertz CT molecular complexity index is 347. The Kier molecular flexibility index (Phi) is 4.84. The molecule has 0 bridgehead atoms. The van der Waals surface area contributed by atoms with Crippen molar-refractivity contribution in [3.05, 3.63) is 24.3 Å². The molecule has 1 fully saturated rings. The fourth-order valence-electron chi connectivity index (χ4n) is 2.37. The summed E-state index contributed by atoms with van der Waals surface area (Å²) in [5, 5.41) is 15.9. The third kappa shape index (κ3) is 3.37. The highest BCUT2D eigenvalue weighted by molar-refractivity contribution is 5.55. The minimum atomic E-state index is 0.196. The summed E-state index contributed by atoms with van der Waals surface area (Å²) in [5.74, 6) is 0. The molecule has 0 radical (unpaired) electrons. The van der Waals surface area contributed by atoms with E-state index in [1.54, 1.807) is 0 Å². The third-order valence-corrected chi connectivity index (χ3v) is 3.42. The van der Waals surface area contributed by atoms with E-state index < -0.39 is 0 Å². The molecule has 1 aromatic carbocycles. The van der Waals surface area contributed by atoms with Gasteiger partial charge >= 0.3 is 0 Å². The van der Waals surface area contributed by atoms with Crippen molar-refractivity contribution in [2.45, 2.75) is 19.4 Å². The van der Waals surface area contributed by atoms with Gasteiger partial charge in [0.05, 0.1) is 6.61 Å². The molecule has 1 saturated heterocycles. The van der Waals surface area contributed by atoms with Gasteiger partial charge in [0.25, 0.3) is 0 Å². The fourth-order valence-corrected chi connectivity index (χ4v) is 2.37. The molecular formula is C14H23N3O. The van der Waals surface area contributed by atoms with Crippen LogP contribution in [0.25, 0.3) is 0 Å². The zero-order chi connectivity index (χ0) is 12.8. The van der Waals surface area contributed by atoms with E-state index in [0.717, 1.165) is 19.6 Å². The molecule has 1 heterocycles. The topological polar surface area (TPSA) is 47.5 Å². The number of nitrogens with zero attached hydrogens (tertiary/aromatic N) is 1. The number of hydrogen-bond donors (Lipinski definition) is 3. The first-order valence-electron chi connectivity index (χ1n) is 6.76. The minimum Gasteiger partial charge on any atom is -0.395 e. The Morgan fingerprint density at radius 3 is 2.72 bits per heavy atom. The smallest absolute Gasteiger partial charge is 0.0606 e. The number of aliphatic hydroxyl groups is 1. The molecule has 4 nitrogen and oxygen atoms in total. The van der Waals surface area contributed by atoms with Gasteiger partial charge in [0.1, 0.15) is 0 Å². The zero-order valence-corrected chi connectivity index (χ0v) is 11.0. The van der Waals surface area contributed by atoms with E-state index in [0.29, 0.717) is 12.6 Å². The van der Waals surface area contributed by atoms with Crippen LogP contribution < -0.4 is 15.5 Å². The van der Waals surface area contributed by atoms with Crippen molar-refractivity contribution in [1.29, 1.82) is 0 Å². The van der Waals surface area contributed by atoms with E-state index in [1.807, 2.05) is 0 Å². The number of aliphatic hydroxyl groups excluding tert-OH is 1. The van der Waals surface area contributed by atoms with Crippen LogP contribution in [0, 0.1) is 0 Å². The predicted octanol–water partition coefficient (Wildman–Crippen LogP) is 1.28. The first kappa shape index (κ1) is 13.2. The Balaban J connectivity index is 1.95. The van der Waals surface area contributed by atoms with Gasteiger partial charge in [-0.15, -0.1) is 0 Å². The monoisotopic (exact) mass is 249 g/mol. The maximum absolute atomic E-state index is 9.01. The largest absolute Gasteiger partial charge is 0.395 e. The van der Waals surface area contributed by atoms with Gasteiger partial charge in [-0.1, -0.05) is 0 Å². The van der Waals surface area contributed by atoms with Crippen molar-refractivity contribution in [3.8, 4) is 0 Å². The van der Waals surface area contributed by atoms with Crippen LogP contribution in [0.5, 0.6) is 0 Å². The van der Waals surface area contributed by atoms with E-state index in [2.05, 4.69) is 46.7 Å². The lowest BCUT2D eigenvalue weighted by molar-refractivity contribution is 0.302. The number of benzene rings is 1. The van der Waals surface area contributed by atoms with Gasteiger partial charge in [-0.2, -0.15) is 0 Å². The Morgan fingerprint density at radius 2 is 2.17 bits per heavy atom. The average molecular weight is 249 g/mol. The molecule has 2 rings (SSSR count). The van der Waals surface area contributed by atoms with E-state index in [1.165, 1.54) is 17.8 Å². The summed E-state index contributed by atoms with van der Waals surface area (Å²) in [7, 11) is 0. The van der Waals surface area contributed by atoms with Crippen LogP contribution in [0.2, 0.25) is 0 Å². The van der Waals surface area contributed by atoms with Crippen molar-refractivity contribution in [2.75, 3.05) is 43.0 Å². The number of likely N-dealkylation sites (N-methyl/N-ethyl adjacent to an activating group) is 1. The van der Waals surface area contributed by atoms with Gasteiger partial charge in [0, 0.05) is 37.1 Å². The molecule has 1 aliphatic heterocycles. The Morgan fingerprint density at radius 1 is 1.39 bits per heavy atom. The second-order valence-electron chi connectivity index (χ2n) is 4.68. The first-order valence-corrected chi connectivity index (χ1v) is 6.76. The van der Waals surface area contributed by atoms with Gasteiger partial charge < -0.3 is 20.6 Å². The second-order valence-corrected chi connectivity index (χ2v) is 4.68. The molecule has 1 aliphatic rings. The standard InChI is InChI=1S/C14H23N3O/c1-2-17(9-10-18)14-5-3-12(4-6-14)16-13-7-8-15-11-13/h3-6,13,15-16,18H,2,7-11H2,1H3. The number of rotatable bonds is 6. The van der Waals surface area contributed by atoms with Gasteiger partial charge in [0.2, 0.25) is 0 Å². The van der Waals surface area contributed by atoms with Crippen LogP contribution >= 0.6 is 0 Å². The SMILES string of the molecule is CCN(CCO)c1ccc(NC2CCNC2)cc1. The van der Waals surface area contributed by atoms with Crippen LogP contribution in [0.3, 0.4) is 0 Å². The molecule has 18 heavy (non-hydrogen) atoms. The molecule has 0 aliphatic carbocycles. The molecule has 0 amide bonds. The summed E-state index contributed by atoms with van der Waals surface area (Å²) in [6, 6.07) is 9.02. The minimum absolute atomic E-state index is 0.196. The van der Waals surface area contributed by atoms with Crippen molar-refractivity contribution >= 4 is 11.4 Å². The van der Waals surface area contributed by atoms with E-state index >= 15 is 0 Å². The lowest BCUT2D eigenvalue weighted by Gasteiger charge is -2.22. The summed E-state index contributed by atoms with van der Waals surface area (Å²) >= 11 is 0. The van der Waals surface area contributed by atoms with Crippen LogP contribution in [-0.2, 0) is 0 Å². The van der Waals surface area contributed by atoms with Gasteiger partial charge in [0.15, 0.2) is 0 Å². The summed E-state index contributed by atoms with van der Waals surface area (Å²) in [5.41, 5.74) is 2.34. The fraction of sp³-hybridized carbons (Fsp3) is 0.571. The van der Waals surface area contributed by atoms with Crippen molar-refractivity contribution < 1.29 is 5.11 Å². The van der Waals surface area contributed by atoms with Crippen LogP contribution in [0.15, 0.2) is 24.3 Å². The highest BCUT2D eigenvalue weighted by atomic mass is 16.3. The van der Waals surface area contributed by atoms with Crippen LogP contribution in [-0.4, -0.2) is 43.9 Å². The molecule has 100 valence electrons. The molecule has 0 spiro atoms. The summed E-state index contributed by atoms with van der Waals surface area (Å²) in [4.78, 5) is 2.17. The quantitative estimate of drug-likeness (QED) is 0.711. The van der Waals surface area contributed by atoms with Crippen molar-refractivity contribution in [1.82, 2.24) is 5.32 Å². The van der Waals surface area contributed by atoms with E-state index in [9.17, 15) is 0 Å². The summed E-state index contributed by atoms with van der Waals surface area (Å²) in [6.07, 6.45) is 1.19. The van der Waals surface area contributed by atoms with Gasteiger partial charge in [-0.05, 0) is 44.2 Å². The molecule has 0 aromatic heterocycles. The van der Waals surface area contributed by atoms with Gasteiger partial charge in [-0.3, -0.25) is 0 Å². The maximum atomic E-state index is 9.01. The Labute approximate surface area is 109 Å². The lowest BCUT2D eigenvalue weighted by atomic mass is 10.2. The molecule has 1 unspecified atom stereocenters. The molecule has 1 atom stereocenters. The highest BCUT2D eigenvalue weighted by Crippen LogP contribution is 2.19. The lowest BCUT2D eigenvalue weighted by Crippen LogP contribution is -2.26. The molecule has 4 heteroatoms. The average Bonchev–Trinajstić information content (AvgIpc) is 2.90. The molecular weight excluding hydrogens is 226 g/mol. The van der Waals surface area contributed by atoms with Crippen LogP contribution in [0.1, 0.15) is 13.3 Å². The summed E-state index contributed by atoms with van der Waals surface area (Å²) in [6.45, 7) is 6.06. The maximum Gasteiger partial charge on any atom is 0.0606 e. The number of nitrogens with one attached hydrogen (secondary N) is 2. The van der Waals surface area contributed by atoms with Crippen molar-refractivity contribution in [2.24, 2.45) is 0 Å². The zero-order valence-electron chi connectivity index (χ0n) is 11.0. The molecule has 1 aromatic rings. The second kappa shape index (κ2) is 6.61. The third-order valence-electron chi connectivity index (χ3n) is 3.42. The highest BCUT2D eigenvalue weighted by Gasteiger charge is 2.13. The van der Waals surface area contributed by atoms with E-state index in [4.69, 9.17) is 5.11 Å². The first-order chi connectivity index (χ1) is 8.83. The molecule has 0 saturated carbocycles. The van der Waals surface area contributed by atoms with Crippen LogP contribution in [0.4, 0.5) is 11.4 Å². The number of hydrogen-bond acceptors (Lipinski definition) is 4. The van der Waals surface area contributed by atoms with E-state index in [-0.39, 0.29) is 6.61 Å².